The first-order chi connectivity index (χ1) is 14.4. The Morgan fingerprint density at radius 1 is 0.900 bits per heavy atom. The molecule has 0 radical (unpaired) electrons. The zero-order valence-corrected chi connectivity index (χ0v) is 18.5. The number of hydrogen-bond acceptors (Lipinski definition) is 6. The lowest BCUT2D eigenvalue weighted by molar-refractivity contribution is 0.0110. The van der Waals surface area contributed by atoms with Crippen LogP contribution >= 0.6 is 0 Å². The molecule has 2 aromatic rings. The molecule has 0 saturated carbocycles. The van der Waals surface area contributed by atoms with Gasteiger partial charge >= 0.3 is 0 Å². The van der Waals surface area contributed by atoms with Crippen molar-refractivity contribution in [3.8, 4) is 11.5 Å². The Labute approximate surface area is 180 Å². The molecule has 0 fully saturated rings. The number of rotatable bonds is 11. The van der Waals surface area contributed by atoms with Gasteiger partial charge in [-0.25, -0.2) is 0 Å². The fourth-order valence-corrected chi connectivity index (χ4v) is 2.48. The van der Waals surface area contributed by atoms with Crippen LogP contribution in [0.15, 0.2) is 42.5 Å². The molecule has 0 aliphatic rings. The van der Waals surface area contributed by atoms with E-state index in [9.17, 15) is 0 Å². The molecule has 0 heterocycles. The molecular formula is C24H36O6. The van der Waals surface area contributed by atoms with Crippen molar-refractivity contribution in [3.05, 3.63) is 59.2 Å². The van der Waals surface area contributed by atoms with Crippen LogP contribution in [-0.4, -0.2) is 60.6 Å². The maximum Gasteiger partial charge on any atom is 0.122 e. The molecule has 2 rings (SSSR count). The quantitative estimate of drug-likeness (QED) is 0.484. The van der Waals surface area contributed by atoms with Crippen molar-refractivity contribution in [2.24, 2.45) is 0 Å². The summed E-state index contributed by atoms with van der Waals surface area (Å²) in [5.74, 6) is 1.61. The van der Waals surface area contributed by atoms with E-state index in [1.807, 2.05) is 50.2 Å². The highest BCUT2D eigenvalue weighted by Gasteiger charge is 2.03. The van der Waals surface area contributed by atoms with Crippen LogP contribution in [0.4, 0.5) is 0 Å². The summed E-state index contributed by atoms with van der Waals surface area (Å²) < 4.78 is 16.1. The van der Waals surface area contributed by atoms with E-state index in [0.29, 0.717) is 13.2 Å². The predicted molar refractivity (Wildman–Crippen MR) is 118 cm³/mol. The number of hydrogen-bond donors (Lipinski definition) is 3. The summed E-state index contributed by atoms with van der Waals surface area (Å²) in [4.78, 5) is 0. The molecule has 0 aromatic heterocycles. The standard InChI is InChI=1S/C13H20O3.C11H16O3/c1-10-4-5-13(11(2)8-10)16-7-6-15-12(3)9-14;1-2-9-3-5-11(6-4-9)14-8-10(13)7-12/h4-5,8,12,14H,6-7,9H2,1-3H3;3-6,10,12-13H,2,7-8H2,1H3. The molecule has 2 aromatic carbocycles. The largest absolute Gasteiger partial charge is 0.491 e. The summed E-state index contributed by atoms with van der Waals surface area (Å²) in [7, 11) is 0. The first kappa shape index (κ1) is 25.9. The van der Waals surface area contributed by atoms with Crippen molar-refractivity contribution < 1.29 is 29.5 Å². The Morgan fingerprint density at radius 2 is 1.60 bits per heavy atom. The lowest BCUT2D eigenvalue weighted by Crippen LogP contribution is -2.21. The molecule has 3 N–H and O–H groups in total. The van der Waals surface area contributed by atoms with E-state index in [0.717, 1.165) is 23.5 Å². The Bertz CT molecular complexity index is 701. The van der Waals surface area contributed by atoms with Gasteiger partial charge in [0.25, 0.3) is 0 Å². The van der Waals surface area contributed by atoms with Crippen molar-refractivity contribution in [2.75, 3.05) is 33.0 Å². The van der Waals surface area contributed by atoms with Gasteiger partial charge in [0.2, 0.25) is 0 Å². The maximum absolute atomic E-state index is 9.05. The third-order valence-corrected chi connectivity index (χ3v) is 4.32. The maximum atomic E-state index is 9.05. The zero-order chi connectivity index (χ0) is 22.4. The molecular weight excluding hydrogens is 384 g/mol. The lowest BCUT2D eigenvalue weighted by atomic mass is 10.1. The molecule has 0 aliphatic heterocycles. The van der Waals surface area contributed by atoms with Crippen molar-refractivity contribution in [1.29, 1.82) is 0 Å². The van der Waals surface area contributed by atoms with Crippen molar-refractivity contribution in [1.82, 2.24) is 0 Å². The van der Waals surface area contributed by atoms with Gasteiger partial charge < -0.3 is 29.5 Å². The summed E-state index contributed by atoms with van der Waals surface area (Å²) in [5.41, 5.74) is 3.62. The average Bonchev–Trinajstić information content (AvgIpc) is 2.76. The second-order valence-electron chi connectivity index (χ2n) is 7.13. The van der Waals surface area contributed by atoms with Crippen LogP contribution in [0.5, 0.6) is 11.5 Å². The Kier molecular flexibility index (Phi) is 12.8. The summed E-state index contributed by atoms with van der Waals surface area (Å²) in [5, 5.41) is 26.4. The number of aliphatic hydroxyl groups is 3. The van der Waals surface area contributed by atoms with E-state index in [1.165, 1.54) is 11.1 Å². The van der Waals surface area contributed by atoms with E-state index in [4.69, 9.17) is 29.5 Å². The lowest BCUT2D eigenvalue weighted by Gasteiger charge is -2.12. The molecule has 0 aliphatic carbocycles. The number of aryl methyl sites for hydroxylation is 3. The fraction of sp³-hybridized carbons (Fsp3) is 0.500. The summed E-state index contributed by atoms with van der Waals surface area (Å²) in [6, 6.07) is 13.8. The van der Waals surface area contributed by atoms with Gasteiger partial charge in [0, 0.05) is 0 Å². The van der Waals surface area contributed by atoms with Crippen LogP contribution in [0.25, 0.3) is 0 Å². The van der Waals surface area contributed by atoms with E-state index in [2.05, 4.69) is 19.9 Å². The van der Waals surface area contributed by atoms with Gasteiger partial charge in [-0.15, -0.1) is 0 Å². The highest BCUT2D eigenvalue weighted by molar-refractivity contribution is 5.35. The smallest absolute Gasteiger partial charge is 0.122 e. The number of benzene rings is 2. The minimum Gasteiger partial charge on any atom is -0.491 e. The molecule has 0 saturated heterocycles. The minimum atomic E-state index is -0.805. The minimum absolute atomic E-state index is 0.0452. The summed E-state index contributed by atoms with van der Waals surface area (Å²) in [6.07, 6.45) is 0.0723. The predicted octanol–water partition coefficient (Wildman–Crippen LogP) is 3.06. The van der Waals surface area contributed by atoms with E-state index in [1.54, 1.807) is 0 Å². The monoisotopic (exact) mass is 420 g/mol. The molecule has 0 bridgehead atoms. The van der Waals surface area contributed by atoms with Crippen LogP contribution < -0.4 is 9.47 Å². The molecule has 2 atom stereocenters. The first-order valence-electron chi connectivity index (χ1n) is 10.3. The van der Waals surface area contributed by atoms with Crippen LogP contribution in [0.1, 0.15) is 30.5 Å². The van der Waals surface area contributed by atoms with Gasteiger partial charge in [0.1, 0.15) is 30.8 Å². The molecule has 6 heteroatoms. The molecule has 30 heavy (non-hydrogen) atoms. The molecule has 6 nitrogen and oxygen atoms in total. The van der Waals surface area contributed by atoms with Crippen LogP contribution in [-0.2, 0) is 11.2 Å². The van der Waals surface area contributed by atoms with Crippen molar-refractivity contribution >= 4 is 0 Å². The molecule has 168 valence electrons. The van der Waals surface area contributed by atoms with Crippen LogP contribution in [0.3, 0.4) is 0 Å². The number of ether oxygens (including phenoxy) is 3. The van der Waals surface area contributed by atoms with Gasteiger partial charge in [-0.2, -0.15) is 0 Å². The normalized spacial score (nSPS) is 12.5. The summed E-state index contributed by atoms with van der Waals surface area (Å²) in [6.45, 7) is 8.91. The highest BCUT2D eigenvalue weighted by atomic mass is 16.5. The number of aliphatic hydroxyl groups excluding tert-OH is 3. The topological polar surface area (TPSA) is 88.4 Å². The fourth-order valence-electron chi connectivity index (χ4n) is 2.48. The molecule has 0 amide bonds. The molecule has 2 unspecified atom stereocenters. The van der Waals surface area contributed by atoms with Crippen molar-refractivity contribution in [2.45, 2.75) is 46.3 Å². The van der Waals surface area contributed by atoms with Gasteiger partial charge in [-0.3, -0.25) is 0 Å². The second kappa shape index (κ2) is 14.8. The van der Waals surface area contributed by atoms with E-state index >= 15 is 0 Å². The van der Waals surface area contributed by atoms with Crippen molar-refractivity contribution in [3.63, 3.8) is 0 Å². The van der Waals surface area contributed by atoms with Gasteiger partial charge in [-0.1, -0.05) is 36.8 Å². The van der Waals surface area contributed by atoms with Gasteiger partial charge in [0.15, 0.2) is 0 Å². The Morgan fingerprint density at radius 3 is 2.17 bits per heavy atom. The van der Waals surface area contributed by atoms with E-state index in [-0.39, 0.29) is 25.9 Å². The van der Waals surface area contributed by atoms with E-state index < -0.39 is 6.10 Å². The molecule has 0 spiro atoms. The SMILES string of the molecule is CCc1ccc(OCC(O)CO)cc1.Cc1ccc(OCCOC(C)CO)c(C)c1. The first-order valence-corrected chi connectivity index (χ1v) is 10.3. The van der Waals surface area contributed by atoms with Gasteiger partial charge in [0.05, 0.1) is 25.9 Å². The Balaban J connectivity index is 0.000000303. The highest BCUT2D eigenvalue weighted by Crippen LogP contribution is 2.18. The average molecular weight is 421 g/mol. The third kappa shape index (κ3) is 10.6. The van der Waals surface area contributed by atoms with Crippen LogP contribution in [0.2, 0.25) is 0 Å². The zero-order valence-electron chi connectivity index (χ0n) is 18.5. The van der Waals surface area contributed by atoms with Gasteiger partial charge in [-0.05, 0) is 56.5 Å². The summed E-state index contributed by atoms with van der Waals surface area (Å²) >= 11 is 0. The van der Waals surface area contributed by atoms with Crippen LogP contribution in [0, 0.1) is 13.8 Å². The Hall–Kier alpha value is -2.12. The second-order valence-corrected chi connectivity index (χ2v) is 7.13. The third-order valence-electron chi connectivity index (χ3n) is 4.32.